The van der Waals surface area contributed by atoms with Crippen molar-refractivity contribution in [2.45, 2.75) is 0 Å². The number of ketones is 2. The summed E-state index contributed by atoms with van der Waals surface area (Å²) in [4.78, 5) is 39.1. The van der Waals surface area contributed by atoms with Crippen LogP contribution in [-0.2, 0) is 0 Å². The number of halogens is 1. The Balaban J connectivity index is 1.98. The Morgan fingerprint density at radius 2 is 1.87 bits per heavy atom. The second kappa shape index (κ2) is 4.85. The number of carbonyl (C=O) groups excluding carboxylic acids is 2. The molecule has 0 unspecified atom stereocenters. The number of pyridine rings is 1. The van der Waals surface area contributed by atoms with Crippen molar-refractivity contribution in [3.63, 3.8) is 0 Å². The molecule has 3 aromatic rings. The fourth-order valence-electron chi connectivity index (χ4n) is 2.58. The van der Waals surface area contributed by atoms with Crippen LogP contribution in [0.3, 0.4) is 0 Å². The maximum atomic E-state index is 12.7. The van der Waals surface area contributed by atoms with Crippen LogP contribution in [-0.4, -0.2) is 21.7 Å². The summed E-state index contributed by atoms with van der Waals surface area (Å²) in [6.45, 7) is 0. The van der Waals surface area contributed by atoms with Gasteiger partial charge < -0.3 is 9.51 Å². The van der Waals surface area contributed by atoms with E-state index in [0.29, 0.717) is 5.56 Å². The molecule has 0 spiro atoms. The summed E-state index contributed by atoms with van der Waals surface area (Å²) in [7, 11) is 0. The molecule has 0 amide bonds. The van der Waals surface area contributed by atoms with Gasteiger partial charge in [0, 0.05) is 16.1 Å². The third-order valence-corrected chi connectivity index (χ3v) is 4.11. The van der Waals surface area contributed by atoms with Crippen LogP contribution in [0.4, 0.5) is 0 Å². The van der Waals surface area contributed by atoms with E-state index in [-0.39, 0.29) is 28.3 Å². The van der Waals surface area contributed by atoms with Crippen LogP contribution in [0.2, 0.25) is 0 Å². The maximum absolute atomic E-state index is 12.7. The third kappa shape index (κ3) is 2.01. The number of H-pyrrole nitrogens is 1. The van der Waals surface area contributed by atoms with Crippen molar-refractivity contribution >= 4 is 27.5 Å². The predicted molar refractivity (Wildman–Crippen MR) is 83.6 cm³/mol. The Bertz CT molecular complexity index is 1050. The molecular formula is C16H7BrN2O4. The fraction of sp³-hybridized carbons (Fsp3) is 0. The van der Waals surface area contributed by atoms with E-state index in [2.05, 4.69) is 26.1 Å². The van der Waals surface area contributed by atoms with E-state index in [1.807, 2.05) is 6.07 Å². The van der Waals surface area contributed by atoms with E-state index >= 15 is 0 Å². The molecule has 1 aliphatic carbocycles. The van der Waals surface area contributed by atoms with Crippen molar-refractivity contribution in [1.82, 2.24) is 10.1 Å². The van der Waals surface area contributed by atoms with Gasteiger partial charge in [0.1, 0.15) is 17.0 Å². The lowest BCUT2D eigenvalue weighted by atomic mass is 9.89. The van der Waals surface area contributed by atoms with Crippen LogP contribution in [0.25, 0.3) is 11.3 Å². The molecule has 6 nitrogen and oxygen atoms in total. The van der Waals surface area contributed by atoms with Crippen LogP contribution in [0.5, 0.6) is 0 Å². The number of aromatic amines is 1. The first-order valence-corrected chi connectivity index (χ1v) is 7.44. The highest BCUT2D eigenvalue weighted by atomic mass is 79.9. The molecule has 0 saturated heterocycles. The number of aromatic nitrogens is 2. The van der Waals surface area contributed by atoms with Crippen LogP contribution >= 0.6 is 15.9 Å². The minimum Gasteiger partial charge on any atom is -0.351 e. The first-order chi connectivity index (χ1) is 11.1. The summed E-state index contributed by atoms with van der Waals surface area (Å²) in [6.07, 6.45) is 0. The number of rotatable bonds is 1. The van der Waals surface area contributed by atoms with Gasteiger partial charge in [-0.1, -0.05) is 33.2 Å². The largest absolute Gasteiger partial charge is 0.351 e. The zero-order valence-electron chi connectivity index (χ0n) is 11.4. The van der Waals surface area contributed by atoms with Crippen molar-refractivity contribution in [1.29, 1.82) is 0 Å². The second-order valence-corrected chi connectivity index (χ2v) is 5.93. The summed E-state index contributed by atoms with van der Waals surface area (Å²) >= 11 is 3.35. The number of hydrogen-bond donors (Lipinski definition) is 1. The first-order valence-electron chi connectivity index (χ1n) is 6.64. The molecule has 112 valence electrons. The summed E-state index contributed by atoms with van der Waals surface area (Å²) in [5.74, 6) is -1.06. The number of carbonyl (C=O) groups is 2. The third-order valence-electron chi connectivity index (χ3n) is 3.61. The molecule has 2 aromatic heterocycles. The number of nitrogens with one attached hydrogen (secondary N) is 1. The normalized spacial score (nSPS) is 12.9. The number of fused-ring (bicyclic) bond motifs is 2. The maximum Gasteiger partial charge on any atom is 0.248 e. The summed E-state index contributed by atoms with van der Waals surface area (Å²) < 4.78 is 5.92. The molecular weight excluding hydrogens is 364 g/mol. The SMILES string of the molecule is O=C1c2ccc(=O)[nH]c2C(=O)c2c(-c3cccc(Br)c3)noc21. The molecule has 1 aromatic carbocycles. The van der Waals surface area contributed by atoms with Crippen LogP contribution in [0, 0.1) is 0 Å². The molecule has 1 aliphatic rings. The number of hydrogen-bond acceptors (Lipinski definition) is 5. The molecule has 0 saturated carbocycles. The topological polar surface area (TPSA) is 93.0 Å². The van der Waals surface area contributed by atoms with Gasteiger partial charge in [-0.05, 0) is 18.2 Å². The fourth-order valence-corrected chi connectivity index (χ4v) is 2.98. The molecule has 0 radical (unpaired) electrons. The lowest BCUT2D eigenvalue weighted by molar-refractivity contribution is 0.0951. The highest BCUT2D eigenvalue weighted by Crippen LogP contribution is 2.33. The van der Waals surface area contributed by atoms with Crippen molar-refractivity contribution in [2.24, 2.45) is 0 Å². The van der Waals surface area contributed by atoms with Gasteiger partial charge in [0.25, 0.3) is 0 Å². The van der Waals surface area contributed by atoms with E-state index in [1.54, 1.807) is 18.2 Å². The van der Waals surface area contributed by atoms with Crippen molar-refractivity contribution in [3.8, 4) is 11.3 Å². The second-order valence-electron chi connectivity index (χ2n) is 5.02. The lowest BCUT2D eigenvalue weighted by Gasteiger charge is -2.12. The average molecular weight is 371 g/mol. The molecule has 23 heavy (non-hydrogen) atoms. The number of benzene rings is 1. The van der Waals surface area contributed by atoms with E-state index in [1.165, 1.54) is 12.1 Å². The molecule has 0 bridgehead atoms. The average Bonchev–Trinajstić information content (AvgIpc) is 2.98. The first kappa shape index (κ1) is 13.8. The zero-order valence-corrected chi connectivity index (χ0v) is 13.0. The van der Waals surface area contributed by atoms with Gasteiger partial charge in [0.2, 0.25) is 22.9 Å². The van der Waals surface area contributed by atoms with Crippen molar-refractivity contribution < 1.29 is 14.1 Å². The summed E-state index contributed by atoms with van der Waals surface area (Å²) in [5.41, 5.74) is 0.604. The lowest BCUT2D eigenvalue weighted by Crippen LogP contribution is -2.24. The molecule has 1 N–H and O–H groups in total. The highest BCUT2D eigenvalue weighted by Gasteiger charge is 2.37. The molecule has 0 aliphatic heterocycles. The molecule has 0 fully saturated rings. The van der Waals surface area contributed by atoms with E-state index in [0.717, 1.165) is 4.47 Å². The standard InChI is InChI=1S/C16H7BrN2O4/c17-8-3-1-2-7(6-8)12-11-15(22)13-9(4-5-10(20)18-13)14(21)16(11)23-19-12/h1-6H,(H,18,20). The Labute approximate surface area is 137 Å². The van der Waals surface area contributed by atoms with E-state index < -0.39 is 17.1 Å². The number of nitrogens with zero attached hydrogens (tertiary/aromatic N) is 1. The van der Waals surface area contributed by atoms with Gasteiger partial charge >= 0.3 is 0 Å². The summed E-state index contributed by atoms with van der Waals surface area (Å²) in [6, 6.07) is 9.64. The molecule has 4 rings (SSSR count). The van der Waals surface area contributed by atoms with Gasteiger partial charge in [-0.2, -0.15) is 0 Å². The molecule has 7 heteroatoms. The van der Waals surface area contributed by atoms with Crippen LogP contribution in [0.15, 0.2) is 50.2 Å². The van der Waals surface area contributed by atoms with Crippen LogP contribution in [0.1, 0.15) is 32.2 Å². The predicted octanol–water partition coefficient (Wildman–Crippen LogP) is 2.57. The molecule has 2 heterocycles. The quantitative estimate of drug-likeness (QED) is 0.555. The van der Waals surface area contributed by atoms with Gasteiger partial charge in [-0.15, -0.1) is 0 Å². The van der Waals surface area contributed by atoms with E-state index in [9.17, 15) is 14.4 Å². The Morgan fingerprint density at radius 1 is 1.04 bits per heavy atom. The van der Waals surface area contributed by atoms with Gasteiger partial charge in [0.15, 0.2) is 0 Å². The minimum atomic E-state index is -0.483. The molecule has 0 atom stereocenters. The highest BCUT2D eigenvalue weighted by molar-refractivity contribution is 9.10. The van der Waals surface area contributed by atoms with E-state index in [4.69, 9.17) is 4.52 Å². The summed E-state index contributed by atoms with van der Waals surface area (Å²) in [5, 5.41) is 3.89. The van der Waals surface area contributed by atoms with Crippen molar-refractivity contribution in [2.75, 3.05) is 0 Å². The minimum absolute atomic E-state index is 0.0329. The van der Waals surface area contributed by atoms with Gasteiger partial charge in [0.05, 0.1) is 5.56 Å². The Kier molecular flexibility index (Phi) is 2.92. The Hall–Kier alpha value is -2.80. The van der Waals surface area contributed by atoms with Gasteiger partial charge in [-0.3, -0.25) is 14.4 Å². The monoisotopic (exact) mass is 370 g/mol. The smallest absolute Gasteiger partial charge is 0.248 e. The van der Waals surface area contributed by atoms with Gasteiger partial charge in [-0.25, -0.2) is 0 Å². The zero-order chi connectivity index (χ0) is 16.1. The van der Waals surface area contributed by atoms with Crippen LogP contribution < -0.4 is 5.56 Å². The Morgan fingerprint density at radius 3 is 2.65 bits per heavy atom. The van der Waals surface area contributed by atoms with Crippen molar-refractivity contribution in [3.05, 3.63) is 73.8 Å².